The Morgan fingerprint density at radius 1 is 1.17 bits per heavy atom. The Balaban J connectivity index is 1.77. The van der Waals surface area contributed by atoms with Gasteiger partial charge in [0, 0.05) is 13.1 Å². The van der Waals surface area contributed by atoms with Gasteiger partial charge in [-0.3, -0.25) is 4.79 Å². The van der Waals surface area contributed by atoms with Gasteiger partial charge in [-0.2, -0.15) is 0 Å². The first-order valence-corrected chi connectivity index (χ1v) is 8.02. The van der Waals surface area contributed by atoms with Crippen LogP contribution in [0.2, 0.25) is 0 Å². The van der Waals surface area contributed by atoms with Gasteiger partial charge >= 0.3 is 0 Å². The fourth-order valence-electron chi connectivity index (χ4n) is 3.02. The molecule has 0 aromatic heterocycles. The number of carbonyl (C=O) groups is 1. The van der Waals surface area contributed by atoms with E-state index in [2.05, 4.69) is 10.2 Å². The van der Waals surface area contributed by atoms with Crippen LogP contribution in [0.1, 0.15) is 24.0 Å². The highest BCUT2D eigenvalue weighted by molar-refractivity contribution is 5.95. The van der Waals surface area contributed by atoms with Gasteiger partial charge in [-0.15, -0.1) is 0 Å². The zero-order valence-corrected chi connectivity index (χ0v) is 13.3. The zero-order chi connectivity index (χ0) is 16.2. The van der Waals surface area contributed by atoms with E-state index >= 15 is 0 Å². The summed E-state index contributed by atoms with van der Waals surface area (Å²) in [4.78, 5) is 14.6. The van der Waals surface area contributed by atoms with Crippen LogP contribution < -0.4 is 10.2 Å². The Hall–Kier alpha value is -2.36. The predicted octanol–water partition coefficient (Wildman–Crippen LogP) is 3.92. The summed E-state index contributed by atoms with van der Waals surface area (Å²) in [6.45, 7) is 3.89. The fourth-order valence-corrected chi connectivity index (χ4v) is 3.02. The largest absolute Gasteiger partial charge is 0.370 e. The molecular formula is C19H21FN2O. The maximum absolute atomic E-state index is 13.6. The van der Waals surface area contributed by atoms with Crippen LogP contribution in [0.3, 0.4) is 0 Å². The summed E-state index contributed by atoms with van der Waals surface area (Å²) in [5.41, 5.74) is 3.54. The lowest BCUT2D eigenvalue weighted by molar-refractivity contribution is -0.115. The van der Waals surface area contributed by atoms with Crippen LogP contribution >= 0.6 is 0 Å². The molecule has 3 rings (SSSR count). The van der Waals surface area contributed by atoms with Crippen molar-refractivity contribution in [3.8, 4) is 0 Å². The Kier molecular flexibility index (Phi) is 4.60. The van der Waals surface area contributed by atoms with Crippen molar-refractivity contribution in [2.75, 3.05) is 23.3 Å². The van der Waals surface area contributed by atoms with Gasteiger partial charge in [-0.25, -0.2) is 4.39 Å². The number of nitrogens with one attached hydrogen (secondary N) is 1. The lowest BCUT2D eigenvalue weighted by atomic mass is 10.1. The molecule has 1 saturated heterocycles. The molecule has 0 saturated carbocycles. The molecule has 1 heterocycles. The number of hydrogen-bond acceptors (Lipinski definition) is 2. The second-order valence-corrected chi connectivity index (χ2v) is 6.01. The molecule has 0 spiro atoms. The quantitative estimate of drug-likeness (QED) is 0.928. The molecule has 23 heavy (non-hydrogen) atoms. The smallest absolute Gasteiger partial charge is 0.228 e. The molecule has 0 radical (unpaired) electrons. The van der Waals surface area contributed by atoms with Crippen molar-refractivity contribution in [1.29, 1.82) is 0 Å². The number of rotatable bonds is 4. The lowest BCUT2D eigenvalue weighted by Gasteiger charge is -2.21. The molecule has 2 aromatic rings. The first-order valence-electron chi connectivity index (χ1n) is 8.02. The molecule has 120 valence electrons. The van der Waals surface area contributed by atoms with Gasteiger partial charge in [-0.05, 0) is 49.1 Å². The number of halogens is 1. The molecule has 4 heteroatoms. The summed E-state index contributed by atoms with van der Waals surface area (Å²) >= 11 is 0. The molecule has 1 amide bonds. The first kappa shape index (κ1) is 15.5. The van der Waals surface area contributed by atoms with E-state index in [9.17, 15) is 9.18 Å². The topological polar surface area (TPSA) is 32.3 Å². The van der Waals surface area contributed by atoms with E-state index in [1.54, 1.807) is 6.07 Å². The van der Waals surface area contributed by atoms with Crippen molar-refractivity contribution in [3.63, 3.8) is 0 Å². The van der Waals surface area contributed by atoms with Crippen LogP contribution in [0.25, 0.3) is 0 Å². The highest BCUT2D eigenvalue weighted by Gasteiger charge is 2.17. The van der Waals surface area contributed by atoms with Crippen LogP contribution in [-0.2, 0) is 11.2 Å². The number of anilines is 2. The minimum atomic E-state index is -0.334. The SMILES string of the molecule is Cc1ccccc1CC(=O)Nc1cc(F)ccc1N1CCCC1. The Morgan fingerprint density at radius 3 is 2.65 bits per heavy atom. The van der Waals surface area contributed by atoms with Gasteiger partial charge in [0.15, 0.2) is 0 Å². The van der Waals surface area contributed by atoms with Gasteiger partial charge in [0.25, 0.3) is 0 Å². The molecular weight excluding hydrogens is 291 g/mol. The molecule has 1 N–H and O–H groups in total. The van der Waals surface area contributed by atoms with Crippen LogP contribution in [0, 0.1) is 12.7 Å². The predicted molar refractivity (Wildman–Crippen MR) is 91.4 cm³/mol. The van der Waals surface area contributed by atoms with E-state index in [1.165, 1.54) is 12.1 Å². The van der Waals surface area contributed by atoms with Crippen LogP contribution in [0.5, 0.6) is 0 Å². The molecule has 0 bridgehead atoms. The number of nitrogens with zero attached hydrogens (tertiary/aromatic N) is 1. The second kappa shape index (κ2) is 6.82. The average molecular weight is 312 g/mol. The molecule has 1 aliphatic heterocycles. The number of carbonyl (C=O) groups excluding carboxylic acids is 1. The normalized spacial score (nSPS) is 14.1. The van der Waals surface area contributed by atoms with Crippen molar-refractivity contribution in [1.82, 2.24) is 0 Å². The van der Waals surface area contributed by atoms with Crippen molar-refractivity contribution in [2.24, 2.45) is 0 Å². The lowest BCUT2D eigenvalue weighted by Crippen LogP contribution is -2.22. The van der Waals surface area contributed by atoms with E-state index in [1.807, 2.05) is 31.2 Å². The van der Waals surface area contributed by atoms with E-state index in [-0.39, 0.29) is 11.7 Å². The second-order valence-electron chi connectivity index (χ2n) is 6.01. The van der Waals surface area contributed by atoms with Gasteiger partial charge in [0.1, 0.15) is 5.82 Å². The highest BCUT2D eigenvalue weighted by atomic mass is 19.1. The van der Waals surface area contributed by atoms with E-state index in [0.717, 1.165) is 42.7 Å². The van der Waals surface area contributed by atoms with E-state index < -0.39 is 0 Å². The van der Waals surface area contributed by atoms with Crippen molar-refractivity contribution < 1.29 is 9.18 Å². The standard InChI is InChI=1S/C19H21FN2O/c1-14-6-2-3-7-15(14)12-19(23)21-17-13-16(20)8-9-18(17)22-10-4-5-11-22/h2-3,6-9,13H,4-5,10-12H2,1H3,(H,21,23). The summed E-state index contributed by atoms with van der Waals surface area (Å²) < 4.78 is 13.6. The first-order chi connectivity index (χ1) is 11.1. The molecule has 0 unspecified atom stereocenters. The van der Waals surface area contributed by atoms with Crippen molar-refractivity contribution in [3.05, 3.63) is 59.4 Å². The third-order valence-corrected chi connectivity index (χ3v) is 4.29. The maximum Gasteiger partial charge on any atom is 0.228 e. The summed E-state index contributed by atoms with van der Waals surface area (Å²) in [6, 6.07) is 12.4. The van der Waals surface area contributed by atoms with E-state index in [0.29, 0.717) is 12.1 Å². The molecule has 1 aliphatic rings. The van der Waals surface area contributed by atoms with Gasteiger partial charge < -0.3 is 10.2 Å². The number of benzene rings is 2. The third-order valence-electron chi connectivity index (χ3n) is 4.29. The summed E-state index contributed by atoms with van der Waals surface area (Å²) in [5.74, 6) is -0.454. The van der Waals surface area contributed by atoms with E-state index in [4.69, 9.17) is 0 Å². The minimum Gasteiger partial charge on any atom is -0.370 e. The molecule has 0 aliphatic carbocycles. The monoisotopic (exact) mass is 312 g/mol. The van der Waals surface area contributed by atoms with Crippen LogP contribution in [0.4, 0.5) is 15.8 Å². The summed E-state index contributed by atoms with van der Waals surface area (Å²) in [7, 11) is 0. The highest BCUT2D eigenvalue weighted by Crippen LogP contribution is 2.29. The molecule has 2 aromatic carbocycles. The Morgan fingerprint density at radius 2 is 1.91 bits per heavy atom. The van der Waals surface area contributed by atoms with Gasteiger partial charge in [0.2, 0.25) is 5.91 Å². The van der Waals surface area contributed by atoms with Crippen molar-refractivity contribution >= 4 is 17.3 Å². The zero-order valence-electron chi connectivity index (χ0n) is 13.3. The Labute approximate surface area is 136 Å². The van der Waals surface area contributed by atoms with Gasteiger partial charge in [-0.1, -0.05) is 24.3 Å². The van der Waals surface area contributed by atoms with Crippen molar-refractivity contribution in [2.45, 2.75) is 26.2 Å². The molecule has 1 fully saturated rings. The molecule has 3 nitrogen and oxygen atoms in total. The van der Waals surface area contributed by atoms with Crippen LogP contribution in [-0.4, -0.2) is 19.0 Å². The maximum atomic E-state index is 13.6. The van der Waals surface area contributed by atoms with Gasteiger partial charge in [0.05, 0.1) is 17.8 Å². The number of aryl methyl sites for hydroxylation is 1. The number of amides is 1. The Bertz CT molecular complexity index is 708. The average Bonchev–Trinajstić information content (AvgIpc) is 3.04. The number of hydrogen-bond donors (Lipinski definition) is 1. The fraction of sp³-hybridized carbons (Fsp3) is 0.316. The summed E-state index contributed by atoms with van der Waals surface area (Å²) in [5, 5.41) is 2.88. The minimum absolute atomic E-state index is 0.120. The molecule has 0 atom stereocenters. The van der Waals surface area contributed by atoms with Crippen LogP contribution in [0.15, 0.2) is 42.5 Å². The summed E-state index contributed by atoms with van der Waals surface area (Å²) in [6.07, 6.45) is 2.56. The third kappa shape index (κ3) is 3.70.